The Morgan fingerprint density at radius 2 is 1.79 bits per heavy atom. The summed E-state index contributed by atoms with van der Waals surface area (Å²) in [5.74, 6) is 0.910. The Kier molecular flexibility index (Phi) is 8.48. The average Bonchev–Trinajstić information content (AvgIpc) is 2.72. The van der Waals surface area contributed by atoms with Crippen LogP contribution in [0.1, 0.15) is 24.2 Å². The zero-order chi connectivity index (χ0) is 21.2. The number of carbonyl (C=O) groups is 2. The molecule has 0 heterocycles. The number of methoxy groups -OCH3 is 1. The molecule has 0 aromatic heterocycles. The number of aliphatic hydroxyl groups is 1. The van der Waals surface area contributed by atoms with Crippen LogP contribution in [0.15, 0.2) is 48.5 Å². The summed E-state index contributed by atoms with van der Waals surface area (Å²) in [6, 6.07) is 13.6. The lowest BCUT2D eigenvalue weighted by Crippen LogP contribution is -2.33. The summed E-state index contributed by atoms with van der Waals surface area (Å²) in [6.45, 7) is 4.29. The summed E-state index contributed by atoms with van der Waals surface area (Å²) >= 11 is 0. The van der Waals surface area contributed by atoms with Crippen molar-refractivity contribution in [3.05, 3.63) is 54.1 Å². The molecule has 156 valence electrons. The zero-order valence-corrected chi connectivity index (χ0v) is 17.0. The molecule has 29 heavy (non-hydrogen) atoms. The van der Waals surface area contributed by atoms with Crippen molar-refractivity contribution < 1.29 is 24.2 Å². The van der Waals surface area contributed by atoms with Crippen LogP contribution in [0.2, 0.25) is 0 Å². The largest absolute Gasteiger partial charge is 0.497 e. The number of rotatable bonds is 10. The molecule has 0 saturated carbocycles. The third-order valence-electron chi connectivity index (χ3n) is 4.54. The van der Waals surface area contributed by atoms with Crippen LogP contribution in [-0.4, -0.2) is 43.8 Å². The normalized spacial score (nSPS) is 11.6. The highest BCUT2D eigenvalue weighted by molar-refractivity contribution is 5.94. The van der Waals surface area contributed by atoms with Gasteiger partial charge in [0.2, 0.25) is 0 Å². The molecule has 0 radical (unpaired) electrons. The molecule has 0 aliphatic rings. The van der Waals surface area contributed by atoms with E-state index in [1.54, 1.807) is 55.6 Å². The highest BCUT2D eigenvalue weighted by atomic mass is 16.5. The molecule has 0 aliphatic heterocycles. The predicted molar refractivity (Wildman–Crippen MR) is 111 cm³/mol. The molecule has 2 aromatic carbocycles. The summed E-state index contributed by atoms with van der Waals surface area (Å²) in [4.78, 5) is 24.2. The van der Waals surface area contributed by atoms with Crippen LogP contribution in [-0.2, 0) is 4.79 Å². The lowest BCUT2D eigenvalue weighted by atomic mass is 9.97. The first-order valence-corrected chi connectivity index (χ1v) is 9.48. The first-order chi connectivity index (χ1) is 13.9. The van der Waals surface area contributed by atoms with Gasteiger partial charge in [-0.15, -0.1) is 0 Å². The highest BCUT2D eigenvalue weighted by Crippen LogP contribution is 2.17. The molecule has 2 aromatic rings. The fraction of sp³-hybridized carbons (Fsp3) is 0.364. The van der Waals surface area contributed by atoms with E-state index in [2.05, 4.69) is 10.6 Å². The summed E-state index contributed by atoms with van der Waals surface area (Å²) in [5.41, 5.74) is 1.10. The first-order valence-electron chi connectivity index (χ1n) is 9.48. The van der Waals surface area contributed by atoms with Crippen molar-refractivity contribution in [2.45, 2.75) is 13.8 Å². The molecular weight excluding hydrogens is 372 g/mol. The van der Waals surface area contributed by atoms with E-state index in [0.29, 0.717) is 29.3 Å². The van der Waals surface area contributed by atoms with Crippen molar-refractivity contribution in [3.8, 4) is 11.5 Å². The molecule has 0 aliphatic carbocycles. The summed E-state index contributed by atoms with van der Waals surface area (Å²) in [5, 5.41) is 14.9. The summed E-state index contributed by atoms with van der Waals surface area (Å²) < 4.78 is 10.6. The van der Waals surface area contributed by atoms with Gasteiger partial charge in [0.1, 0.15) is 11.5 Å². The maximum absolute atomic E-state index is 12.2. The monoisotopic (exact) mass is 400 g/mol. The van der Waals surface area contributed by atoms with E-state index in [9.17, 15) is 14.7 Å². The lowest BCUT2D eigenvalue weighted by Gasteiger charge is -2.18. The number of ether oxygens (including phenoxy) is 2. The Labute approximate surface area is 171 Å². The van der Waals surface area contributed by atoms with Crippen molar-refractivity contribution in [2.75, 3.05) is 32.2 Å². The molecule has 3 N–H and O–H groups in total. The maximum Gasteiger partial charge on any atom is 0.262 e. The fourth-order valence-electron chi connectivity index (χ4n) is 2.59. The van der Waals surface area contributed by atoms with E-state index in [0.717, 1.165) is 0 Å². The minimum absolute atomic E-state index is 0.0182. The highest BCUT2D eigenvalue weighted by Gasteiger charge is 2.14. The number of aliphatic hydroxyl groups excluding tert-OH is 1. The second-order valence-corrected chi connectivity index (χ2v) is 6.99. The fourth-order valence-corrected chi connectivity index (χ4v) is 2.59. The molecule has 7 nitrogen and oxygen atoms in total. The van der Waals surface area contributed by atoms with Gasteiger partial charge in [-0.3, -0.25) is 9.59 Å². The van der Waals surface area contributed by atoms with Crippen molar-refractivity contribution in [1.82, 2.24) is 5.32 Å². The van der Waals surface area contributed by atoms with Crippen LogP contribution in [0.3, 0.4) is 0 Å². The third kappa shape index (κ3) is 7.12. The Hall–Kier alpha value is -3.06. The van der Waals surface area contributed by atoms with Crippen LogP contribution in [0, 0.1) is 11.8 Å². The number of benzene rings is 2. The third-order valence-corrected chi connectivity index (χ3v) is 4.54. The molecule has 2 rings (SSSR count). The Balaban J connectivity index is 1.82. The van der Waals surface area contributed by atoms with Crippen molar-refractivity contribution in [2.24, 2.45) is 11.8 Å². The van der Waals surface area contributed by atoms with Crippen LogP contribution in [0.25, 0.3) is 0 Å². The molecule has 1 atom stereocenters. The Morgan fingerprint density at radius 3 is 2.41 bits per heavy atom. The average molecular weight is 400 g/mol. The minimum atomic E-state index is -0.302. The van der Waals surface area contributed by atoms with Gasteiger partial charge in [-0.25, -0.2) is 0 Å². The van der Waals surface area contributed by atoms with E-state index in [4.69, 9.17) is 9.47 Å². The van der Waals surface area contributed by atoms with E-state index in [1.165, 1.54) is 0 Å². The molecule has 7 heteroatoms. The molecule has 0 spiro atoms. The van der Waals surface area contributed by atoms with E-state index >= 15 is 0 Å². The van der Waals surface area contributed by atoms with Crippen LogP contribution >= 0.6 is 0 Å². The number of amides is 2. The van der Waals surface area contributed by atoms with Gasteiger partial charge in [-0.1, -0.05) is 19.9 Å². The molecule has 0 saturated heterocycles. The van der Waals surface area contributed by atoms with Gasteiger partial charge < -0.3 is 25.2 Å². The number of hydrogen-bond acceptors (Lipinski definition) is 5. The number of carbonyl (C=O) groups excluding carboxylic acids is 2. The van der Waals surface area contributed by atoms with Crippen molar-refractivity contribution in [3.63, 3.8) is 0 Å². The molecule has 0 bridgehead atoms. The SMILES string of the molecule is COc1cccc(NC(=O)COc2ccc(C(=O)NCC(CO)C(C)C)cc2)c1. The second kappa shape index (κ2) is 11.1. The van der Waals surface area contributed by atoms with Gasteiger partial charge >= 0.3 is 0 Å². The second-order valence-electron chi connectivity index (χ2n) is 6.99. The van der Waals surface area contributed by atoms with Gasteiger partial charge in [0.05, 0.1) is 7.11 Å². The van der Waals surface area contributed by atoms with Gasteiger partial charge in [-0.05, 0) is 42.3 Å². The molecular formula is C22H28N2O5. The van der Waals surface area contributed by atoms with E-state index in [1.807, 2.05) is 13.8 Å². The van der Waals surface area contributed by atoms with Crippen molar-refractivity contribution >= 4 is 17.5 Å². The van der Waals surface area contributed by atoms with E-state index in [-0.39, 0.29) is 36.9 Å². The predicted octanol–water partition coefficient (Wildman–Crippen LogP) is 2.71. The topological polar surface area (TPSA) is 96.9 Å². The smallest absolute Gasteiger partial charge is 0.262 e. The zero-order valence-electron chi connectivity index (χ0n) is 17.0. The Bertz CT molecular complexity index is 805. The molecule has 2 amide bonds. The van der Waals surface area contributed by atoms with Gasteiger partial charge in [0.25, 0.3) is 11.8 Å². The Morgan fingerprint density at radius 1 is 1.07 bits per heavy atom. The first kappa shape index (κ1) is 22.2. The summed E-state index contributed by atoms with van der Waals surface area (Å²) in [7, 11) is 1.56. The van der Waals surface area contributed by atoms with Crippen LogP contribution < -0.4 is 20.1 Å². The number of anilines is 1. The quantitative estimate of drug-likeness (QED) is 0.570. The molecule has 1 unspecified atom stereocenters. The van der Waals surface area contributed by atoms with Crippen molar-refractivity contribution in [1.29, 1.82) is 0 Å². The minimum Gasteiger partial charge on any atom is -0.497 e. The van der Waals surface area contributed by atoms with Gasteiger partial charge in [0, 0.05) is 36.4 Å². The number of nitrogens with one attached hydrogen (secondary N) is 2. The number of hydrogen-bond donors (Lipinski definition) is 3. The van der Waals surface area contributed by atoms with E-state index < -0.39 is 0 Å². The molecule has 0 fully saturated rings. The van der Waals surface area contributed by atoms with Crippen LogP contribution in [0.4, 0.5) is 5.69 Å². The summed E-state index contributed by atoms with van der Waals surface area (Å²) in [6.07, 6.45) is 0. The maximum atomic E-state index is 12.2. The van der Waals surface area contributed by atoms with Gasteiger partial charge in [-0.2, -0.15) is 0 Å². The van der Waals surface area contributed by atoms with Crippen LogP contribution in [0.5, 0.6) is 11.5 Å². The van der Waals surface area contributed by atoms with Gasteiger partial charge in [0.15, 0.2) is 6.61 Å². The standard InChI is InChI=1S/C22H28N2O5/c1-15(2)17(13-25)12-23-22(27)16-7-9-19(10-8-16)29-14-21(26)24-18-5-4-6-20(11-18)28-3/h4-11,15,17,25H,12-14H2,1-3H3,(H,23,27)(H,24,26). The lowest BCUT2D eigenvalue weighted by molar-refractivity contribution is -0.118.